The summed E-state index contributed by atoms with van der Waals surface area (Å²) in [7, 11) is 0. The van der Waals surface area contributed by atoms with E-state index in [1.165, 1.54) is 0 Å². The maximum Gasteiger partial charge on any atom is 0.0836 e. The van der Waals surface area contributed by atoms with Crippen LogP contribution in [0.5, 0.6) is 0 Å². The van der Waals surface area contributed by atoms with Gasteiger partial charge in [-0.3, -0.25) is 0 Å². The van der Waals surface area contributed by atoms with Crippen molar-refractivity contribution in [3.8, 4) is 0 Å². The molecule has 0 aromatic heterocycles. The van der Waals surface area contributed by atoms with Gasteiger partial charge in [-0.1, -0.05) is 20.8 Å². The van der Waals surface area contributed by atoms with E-state index in [2.05, 4.69) is 20.8 Å². The number of fused-ring (bicyclic) bond motifs is 5. The van der Waals surface area contributed by atoms with E-state index in [4.69, 9.17) is 0 Å². The normalized spacial score (nSPS) is 52.9. The van der Waals surface area contributed by atoms with Gasteiger partial charge in [0.05, 0.1) is 18.3 Å². The molecule has 0 amide bonds. The van der Waals surface area contributed by atoms with Gasteiger partial charge < -0.3 is 25.2 Å². The molecule has 4 rings (SSSR count). The van der Waals surface area contributed by atoms with Crippen molar-refractivity contribution in [2.45, 2.75) is 96.9 Å². The first-order valence-corrected chi connectivity index (χ1v) is 11.8. The first-order chi connectivity index (χ1) is 13.6. The minimum Gasteiger partial charge on any atom is -0.550 e. The average molecular weight is 408 g/mol. The molecule has 29 heavy (non-hydrogen) atoms. The van der Waals surface area contributed by atoms with Crippen LogP contribution < -0.4 is 5.11 Å². The lowest BCUT2D eigenvalue weighted by Crippen LogP contribution is -2.64. The van der Waals surface area contributed by atoms with Crippen molar-refractivity contribution in [3.05, 3.63) is 0 Å². The van der Waals surface area contributed by atoms with Crippen molar-refractivity contribution in [2.24, 2.45) is 46.3 Å². The molecular formula is C24H39O5-. The monoisotopic (exact) mass is 407 g/mol. The van der Waals surface area contributed by atoms with Crippen LogP contribution >= 0.6 is 0 Å². The molecule has 4 saturated carbocycles. The summed E-state index contributed by atoms with van der Waals surface area (Å²) < 4.78 is 0. The fourth-order valence-electron chi connectivity index (χ4n) is 8.76. The second-order valence-corrected chi connectivity index (χ2v) is 11.4. The highest BCUT2D eigenvalue weighted by Crippen LogP contribution is 2.68. The zero-order valence-corrected chi connectivity index (χ0v) is 18.2. The average Bonchev–Trinajstić information content (AvgIpc) is 3.02. The van der Waals surface area contributed by atoms with Crippen LogP contribution in [0.3, 0.4) is 0 Å². The van der Waals surface area contributed by atoms with E-state index < -0.39 is 18.2 Å². The zero-order chi connectivity index (χ0) is 21.1. The zero-order valence-electron chi connectivity index (χ0n) is 18.2. The number of carboxylic acid groups (broad SMARTS) is 1. The molecule has 4 aliphatic carbocycles. The van der Waals surface area contributed by atoms with Gasteiger partial charge in [0.1, 0.15) is 0 Å². The van der Waals surface area contributed by atoms with E-state index in [1.807, 2.05) is 0 Å². The summed E-state index contributed by atoms with van der Waals surface area (Å²) >= 11 is 0. The van der Waals surface area contributed by atoms with Crippen LogP contribution in [-0.2, 0) is 4.79 Å². The van der Waals surface area contributed by atoms with Crippen LogP contribution in [0.2, 0.25) is 0 Å². The minimum atomic E-state index is -0.968. The van der Waals surface area contributed by atoms with Crippen LogP contribution in [-0.4, -0.2) is 39.6 Å². The summed E-state index contributed by atoms with van der Waals surface area (Å²) in [6.45, 7) is 6.84. The third-order valence-electron chi connectivity index (χ3n) is 10.3. The molecule has 0 aromatic rings. The Hall–Kier alpha value is -0.650. The first kappa shape index (κ1) is 21.6. The molecule has 3 N–H and O–H groups in total. The van der Waals surface area contributed by atoms with Gasteiger partial charge in [0.25, 0.3) is 0 Å². The fourth-order valence-corrected chi connectivity index (χ4v) is 8.76. The van der Waals surface area contributed by atoms with Crippen molar-refractivity contribution >= 4 is 5.97 Å². The Bertz CT molecular complexity index is 637. The molecule has 166 valence electrons. The predicted octanol–water partition coefficient (Wildman–Crippen LogP) is 2.11. The maximum absolute atomic E-state index is 11.3. The molecule has 0 bridgehead atoms. The lowest BCUT2D eigenvalue weighted by atomic mass is 9.43. The SMILES string of the molecule is C[C@H](CCC(=O)[O-])[C@H]1CC[C@H]2[C@@H]3[C@@H](O)[C@@H](O)[C@@H]4C[C@H](O)CC[C@]4(C)[C@H]3CC[C@]12C. The highest BCUT2D eigenvalue weighted by atomic mass is 16.4. The third kappa shape index (κ3) is 3.27. The molecular weight excluding hydrogens is 368 g/mol. The molecule has 0 aromatic carbocycles. The summed E-state index contributed by atoms with van der Waals surface area (Å²) in [5.74, 6) is 0.697. The van der Waals surface area contributed by atoms with Crippen LogP contribution in [0.25, 0.3) is 0 Å². The van der Waals surface area contributed by atoms with Gasteiger partial charge in [-0.15, -0.1) is 0 Å². The quantitative estimate of drug-likeness (QED) is 0.663. The van der Waals surface area contributed by atoms with Crippen molar-refractivity contribution in [2.75, 3.05) is 0 Å². The molecule has 0 saturated heterocycles. The number of carbonyl (C=O) groups is 1. The highest BCUT2D eigenvalue weighted by molar-refractivity contribution is 5.64. The molecule has 0 radical (unpaired) electrons. The van der Waals surface area contributed by atoms with E-state index in [9.17, 15) is 25.2 Å². The summed E-state index contributed by atoms with van der Waals surface area (Å²) in [5, 5.41) is 43.5. The van der Waals surface area contributed by atoms with Gasteiger partial charge in [-0.2, -0.15) is 0 Å². The van der Waals surface area contributed by atoms with Gasteiger partial charge in [0.15, 0.2) is 0 Å². The van der Waals surface area contributed by atoms with Crippen LogP contribution in [0.15, 0.2) is 0 Å². The lowest BCUT2D eigenvalue weighted by molar-refractivity contribution is -0.306. The van der Waals surface area contributed by atoms with Gasteiger partial charge in [-0.25, -0.2) is 0 Å². The van der Waals surface area contributed by atoms with E-state index in [1.54, 1.807) is 0 Å². The second-order valence-electron chi connectivity index (χ2n) is 11.4. The molecule has 5 nitrogen and oxygen atoms in total. The lowest BCUT2D eigenvalue weighted by Gasteiger charge is -2.63. The molecule has 5 heteroatoms. The molecule has 0 heterocycles. The Labute approximate surface area is 174 Å². The number of carboxylic acids is 1. The van der Waals surface area contributed by atoms with Crippen molar-refractivity contribution in [3.63, 3.8) is 0 Å². The number of carbonyl (C=O) groups excluding carboxylic acids is 1. The largest absolute Gasteiger partial charge is 0.550 e. The molecule has 11 atom stereocenters. The Morgan fingerprint density at radius 2 is 1.62 bits per heavy atom. The van der Waals surface area contributed by atoms with Crippen LogP contribution in [0.4, 0.5) is 0 Å². The third-order valence-corrected chi connectivity index (χ3v) is 10.3. The van der Waals surface area contributed by atoms with Crippen LogP contribution in [0, 0.1) is 46.3 Å². The van der Waals surface area contributed by atoms with Gasteiger partial charge in [0.2, 0.25) is 0 Å². The number of hydrogen-bond acceptors (Lipinski definition) is 5. The van der Waals surface area contributed by atoms with Gasteiger partial charge >= 0.3 is 0 Å². The number of hydrogen-bond donors (Lipinski definition) is 3. The predicted molar refractivity (Wildman–Crippen MR) is 107 cm³/mol. The molecule has 4 aliphatic rings. The van der Waals surface area contributed by atoms with Crippen molar-refractivity contribution in [1.82, 2.24) is 0 Å². The van der Waals surface area contributed by atoms with E-state index >= 15 is 0 Å². The Kier molecular flexibility index (Phi) is 5.57. The number of rotatable bonds is 4. The first-order valence-electron chi connectivity index (χ1n) is 11.8. The Balaban J connectivity index is 1.59. The maximum atomic E-state index is 11.3. The summed E-state index contributed by atoms with van der Waals surface area (Å²) in [5.41, 5.74) is 0.0904. The molecule has 0 spiro atoms. The van der Waals surface area contributed by atoms with Crippen molar-refractivity contribution in [1.29, 1.82) is 0 Å². The fraction of sp³-hybridized carbons (Fsp3) is 0.958. The van der Waals surface area contributed by atoms with E-state index in [-0.39, 0.29) is 35.2 Å². The summed E-state index contributed by atoms with van der Waals surface area (Å²) in [6.07, 6.45) is 5.59. The van der Waals surface area contributed by atoms with Crippen LogP contribution in [0.1, 0.15) is 78.6 Å². The molecule has 0 aliphatic heterocycles. The molecule has 0 unspecified atom stereocenters. The number of aliphatic carboxylic acids is 1. The molecule has 4 fully saturated rings. The van der Waals surface area contributed by atoms with Gasteiger partial charge in [0, 0.05) is 5.97 Å². The standard InChI is InChI=1S/C24H40O5/c1-13(4-7-19(26)27)15-5-6-16-20-17(9-11-23(15,16)2)24(3)10-8-14(25)12-18(24)21(28)22(20)29/h13-18,20-22,25,28-29H,4-12H2,1-3H3,(H,26,27)/p-1/t13-,14-,15-,16+,17+,18+,20+,21+,22-,23-,24-/m1/s1. The topological polar surface area (TPSA) is 101 Å². The Morgan fingerprint density at radius 3 is 2.31 bits per heavy atom. The highest BCUT2D eigenvalue weighted by Gasteiger charge is 2.65. The second kappa shape index (κ2) is 7.49. The minimum absolute atomic E-state index is 0.0114. The van der Waals surface area contributed by atoms with Gasteiger partial charge in [-0.05, 0) is 104 Å². The smallest absolute Gasteiger partial charge is 0.0836 e. The number of aliphatic hydroxyl groups excluding tert-OH is 3. The summed E-state index contributed by atoms with van der Waals surface area (Å²) in [6, 6.07) is 0. The van der Waals surface area contributed by atoms with E-state index in [0.29, 0.717) is 36.5 Å². The van der Waals surface area contributed by atoms with E-state index in [0.717, 1.165) is 38.5 Å². The van der Waals surface area contributed by atoms with Crippen molar-refractivity contribution < 1.29 is 25.2 Å². The number of aliphatic hydroxyl groups is 3. The Morgan fingerprint density at radius 1 is 0.966 bits per heavy atom. The summed E-state index contributed by atoms with van der Waals surface area (Å²) in [4.78, 5) is 11.0.